The van der Waals surface area contributed by atoms with E-state index in [0.29, 0.717) is 17.4 Å². The van der Waals surface area contributed by atoms with Crippen molar-refractivity contribution in [2.45, 2.75) is 70.3 Å². The summed E-state index contributed by atoms with van der Waals surface area (Å²) < 4.78 is 11.1. The fourth-order valence-electron chi connectivity index (χ4n) is 5.71. The Labute approximate surface area is 192 Å². The highest BCUT2D eigenvalue weighted by atomic mass is 16.5. The summed E-state index contributed by atoms with van der Waals surface area (Å²) in [6.07, 6.45) is 9.67. The van der Waals surface area contributed by atoms with Gasteiger partial charge in [0.1, 0.15) is 0 Å². The first-order valence-electron chi connectivity index (χ1n) is 12.0. The zero-order chi connectivity index (χ0) is 22.8. The number of phenolic OH excluding ortho intramolecular Hbond substituents is 2. The highest BCUT2D eigenvalue weighted by Crippen LogP contribution is 2.55. The van der Waals surface area contributed by atoms with Gasteiger partial charge in [0.25, 0.3) is 0 Å². The minimum Gasteiger partial charge on any atom is -0.504 e. The van der Waals surface area contributed by atoms with Crippen molar-refractivity contribution >= 4 is 0 Å². The first-order chi connectivity index (χ1) is 15.5. The van der Waals surface area contributed by atoms with E-state index in [4.69, 9.17) is 9.47 Å². The summed E-state index contributed by atoms with van der Waals surface area (Å²) in [7, 11) is 5.37. The maximum absolute atomic E-state index is 10.9. The van der Waals surface area contributed by atoms with Gasteiger partial charge in [-0.15, -0.1) is 0 Å². The second-order valence-electron chi connectivity index (χ2n) is 9.40. The number of aromatic hydroxyl groups is 2. The first kappa shape index (κ1) is 22.8. The lowest BCUT2D eigenvalue weighted by Gasteiger charge is -2.43. The minimum absolute atomic E-state index is 0.147. The summed E-state index contributed by atoms with van der Waals surface area (Å²) in [5.41, 5.74) is 5.51. The van der Waals surface area contributed by atoms with Gasteiger partial charge in [0.05, 0.1) is 14.2 Å². The second-order valence-corrected chi connectivity index (χ2v) is 9.40. The number of methoxy groups -OCH3 is 2. The van der Waals surface area contributed by atoms with Crippen LogP contribution >= 0.6 is 0 Å². The Kier molecular flexibility index (Phi) is 6.85. The van der Waals surface area contributed by atoms with Crippen molar-refractivity contribution in [2.24, 2.45) is 0 Å². The molecule has 5 heteroatoms. The molecule has 5 nitrogen and oxygen atoms in total. The molecule has 2 aliphatic rings. The zero-order valence-electron chi connectivity index (χ0n) is 19.9. The molecule has 0 amide bonds. The van der Waals surface area contributed by atoms with E-state index in [0.717, 1.165) is 36.1 Å². The number of phenols is 2. The lowest BCUT2D eigenvalue weighted by molar-refractivity contribution is 0.199. The Hall–Kier alpha value is -2.40. The average molecular weight is 440 g/mol. The van der Waals surface area contributed by atoms with Crippen LogP contribution in [0.25, 0.3) is 11.1 Å². The minimum atomic E-state index is 0.147. The predicted octanol–water partition coefficient (Wildman–Crippen LogP) is 6.16. The molecule has 32 heavy (non-hydrogen) atoms. The van der Waals surface area contributed by atoms with Crippen molar-refractivity contribution in [3.8, 4) is 34.1 Å². The van der Waals surface area contributed by atoms with Crippen LogP contribution < -0.4 is 9.47 Å². The van der Waals surface area contributed by atoms with E-state index in [2.05, 4.69) is 18.9 Å². The van der Waals surface area contributed by atoms with Gasteiger partial charge in [-0.3, -0.25) is 4.90 Å². The van der Waals surface area contributed by atoms with Gasteiger partial charge in [-0.05, 0) is 66.3 Å². The van der Waals surface area contributed by atoms with Gasteiger partial charge >= 0.3 is 0 Å². The molecule has 4 rings (SSSR count). The van der Waals surface area contributed by atoms with Crippen LogP contribution in [0.1, 0.15) is 80.5 Å². The Bertz CT molecular complexity index is 971. The standard InChI is InChI=1S/C27H37NO4/c1-5-6-7-8-9-10-11-17-16-28(2)21-12-18-13-22(29)24(31-3)15-20(18)26-25(21)19(17)14-23(30)27(26)32-4/h13-15,17,21,29-30H,5-12,16H2,1-4H3. The molecule has 0 bridgehead atoms. The molecule has 1 aliphatic heterocycles. The molecule has 2 unspecified atom stereocenters. The Balaban J connectivity index is 1.75. The summed E-state index contributed by atoms with van der Waals surface area (Å²) in [6, 6.07) is 5.84. The summed E-state index contributed by atoms with van der Waals surface area (Å²) in [6.45, 7) is 3.23. The Morgan fingerprint density at radius 3 is 2.44 bits per heavy atom. The molecule has 2 aromatic carbocycles. The monoisotopic (exact) mass is 439 g/mol. The van der Waals surface area contributed by atoms with Gasteiger partial charge in [0.2, 0.25) is 0 Å². The van der Waals surface area contributed by atoms with Gasteiger partial charge in [-0.25, -0.2) is 0 Å². The molecule has 0 spiro atoms. The largest absolute Gasteiger partial charge is 0.504 e. The van der Waals surface area contributed by atoms with E-state index in [-0.39, 0.29) is 17.5 Å². The third-order valence-electron chi connectivity index (χ3n) is 7.34. The van der Waals surface area contributed by atoms with Crippen LogP contribution in [0.4, 0.5) is 0 Å². The third-order valence-corrected chi connectivity index (χ3v) is 7.34. The van der Waals surface area contributed by atoms with E-state index in [1.54, 1.807) is 20.3 Å². The van der Waals surface area contributed by atoms with E-state index in [1.165, 1.54) is 49.7 Å². The van der Waals surface area contributed by atoms with Crippen molar-refractivity contribution in [3.63, 3.8) is 0 Å². The molecule has 2 aromatic rings. The van der Waals surface area contributed by atoms with Crippen LogP contribution in [-0.4, -0.2) is 42.9 Å². The highest BCUT2D eigenvalue weighted by Gasteiger charge is 2.39. The summed E-state index contributed by atoms with van der Waals surface area (Å²) >= 11 is 0. The summed E-state index contributed by atoms with van der Waals surface area (Å²) in [5.74, 6) is 1.68. The van der Waals surface area contributed by atoms with Crippen molar-refractivity contribution in [3.05, 3.63) is 34.9 Å². The van der Waals surface area contributed by atoms with E-state index >= 15 is 0 Å². The van der Waals surface area contributed by atoms with Gasteiger partial charge in [0, 0.05) is 18.2 Å². The maximum atomic E-state index is 10.9. The van der Waals surface area contributed by atoms with E-state index < -0.39 is 0 Å². The van der Waals surface area contributed by atoms with Gasteiger partial charge < -0.3 is 19.7 Å². The maximum Gasteiger partial charge on any atom is 0.168 e. The fraction of sp³-hybridized carbons (Fsp3) is 0.556. The Morgan fingerprint density at radius 1 is 0.969 bits per heavy atom. The lowest BCUT2D eigenvalue weighted by Crippen LogP contribution is -2.38. The van der Waals surface area contributed by atoms with E-state index in [9.17, 15) is 10.2 Å². The van der Waals surface area contributed by atoms with Gasteiger partial charge in [-0.1, -0.05) is 45.4 Å². The zero-order valence-corrected chi connectivity index (χ0v) is 19.9. The van der Waals surface area contributed by atoms with Crippen molar-refractivity contribution in [1.82, 2.24) is 4.90 Å². The number of hydrogen-bond donors (Lipinski definition) is 2. The van der Waals surface area contributed by atoms with Crippen molar-refractivity contribution in [1.29, 1.82) is 0 Å². The lowest BCUT2D eigenvalue weighted by atomic mass is 9.73. The highest BCUT2D eigenvalue weighted by molar-refractivity contribution is 5.85. The van der Waals surface area contributed by atoms with Crippen LogP contribution in [0.5, 0.6) is 23.0 Å². The molecule has 2 N–H and O–H groups in total. The molecule has 174 valence electrons. The number of unbranched alkanes of at least 4 members (excludes halogenated alkanes) is 5. The first-order valence-corrected chi connectivity index (χ1v) is 12.0. The smallest absolute Gasteiger partial charge is 0.168 e. The van der Waals surface area contributed by atoms with Crippen LogP contribution in [0.3, 0.4) is 0 Å². The molecule has 0 radical (unpaired) electrons. The number of hydrogen-bond acceptors (Lipinski definition) is 5. The van der Waals surface area contributed by atoms with Gasteiger partial charge in [0.15, 0.2) is 23.0 Å². The van der Waals surface area contributed by atoms with Crippen LogP contribution in [0, 0.1) is 0 Å². The second kappa shape index (κ2) is 9.62. The normalized spacial score (nSPS) is 19.4. The molecule has 0 saturated heterocycles. The Morgan fingerprint density at radius 2 is 1.72 bits per heavy atom. The van der Waals surface area contributed by atoms with Gasteiger partial charge in [-0.2, -0.15) is 0 Å². The number of fused-ring (bicyclic) bond motifs is 2. The summed E-state index contributed by atoms with van der Waals surface area (Å²) in [4.78, 5) is 2.44. The number of rotatable bonds is 9. The summed E-state index contributed by atoms with van der Waals surface area (Å²) in [5, 5.41) is 21.3. The molecule has 0 saturated carbocycles. The molecular formula is C27H37NO4. The van der Waals surface area contributed by atoms with E-state index in [1.807, 2.05) is 12.1 Å². The molecule has 0 aromatic heterocycles. The average Bonchev–Trinajstić information content (AvgIpc) is 2.78. The number of likely N-dealkylation sites (N-methyl/N-ethyl adjacent to an activating group) is 1. The van der Waals surface area contributed by atoms with Crippen molar-refractivity contribution < 1.29 is 19.7 Å². The van der Waals surface area contributed by atoms with Crippen molar-refractivity contribution in [2.75, 3.05) is 27.8 Å². The molecule has 0 fully saturated rings. The topological polar surface area (TPSA) is 62.2 Å². The van der Waals surface area contributed by atoms with Crippen LogP contribution in [-0.2, 0) is 6.42 Å². The SMILES string of the molecule is CCCCCCCCC1CN(C)C2Cc3cc(O)c(OC)cc3-c3c(OC)c(O)cc1c32. The molecule has 1 heterocycles. The number of ether oxygens (including phenoxy) is 2. The fourth-order valence-corrected chi connectivity index (χ4v) is 5.71. The van der Waals surface area contributed by atoms with Crippen LogP contribution in [0.15, 0.2) is 18.2 Å². The molecular weight excluding hydrogens is 402 g/mol. The third kappa shape index (κ3) is 4.03. The molecule has 2 atom stereocenters. The predicted molar refractivity (Wildman–Crippen MR) is 128 cm³/mol. The number of benzene rings is 2. The molecule has 1 aliphatic carbocycles. The van der Waals surface area contributed by atoms with Crippen LogP contribution in [0.2, 0.25) is 0 Å². The number of nitrogens with zero attached hydrogens (tertiary/aromatic N) is 1. The quantitative estimate of drug-likeness (QED) is 0.458.